The third-order valence-corrected chi connectivity index (χ3v) is 3.75. The number of unbranched alkanes of at least 4 members (excludes halogenated alkanes) is 10. The van der Waals surface area contributed by atoms with Crippen molar-refractivity contribution in [2.24, 2.45) is 0 Å². The van der Waals surface area contributed by atoms with Crippen molar-refractivity contribution in [1.82, 2.24) is 0 Å². The third kappa shape index (κ3) is 18.9. The van der Waals surface area contributed by atoms with E-state index in [2.05, 4.69) is 6.92 Å². The van der Waals surface area contributed by atoms with Crippen LogP contribution in [0.1, 0.15) is 96.8 Å². The van der Waals surface area contributed by atoms with E-state index in [0.717, 1.165) is 51.4 Å². The van der Waals surface area contributed by atoms with Gasteiger partial charge >= 0.3 is 11.9 Å². The molecule has 0 saturated heterocycles. The Morgan fingerprint density at radius 2 is 1.26 bits per heavy atom. The molecule has 0 heterocycles. The summed E-state index contributed by atoms with van der Waals surface area (Å²) >= 11 is 0. The lowest BCUT2D eigenvalue weighted by Gasteiger charge is -2.04. The van der Waals surface area contributed by atoms with Crippen molar-refractivity contribution in [2.75, 3.05) is 6.61 Å². The van der Waals surface area contributed by atoms with Crippen LogP contribution in [0.25, 0.3) is 0 Å². The number of carbonyl (C=O) groups is 2. The number of carboxylic acids is 1. The van der Waals surface area contributed by atoms with Gasteiger partial charge in [0.05, 0.1) is 6.61 Å². The maximum atomic E-state index is 11.4. The lowest BCUT2D eigenvalue weighted by atomic mass is 10.1. The minimum atomic E-state index is -0.728. The Morgan fingerprint density at radius 3 is 1.87 bits per heavy atom. The van der Waals surface area contributed by atoms with Crippen LogP contribution in [-0.2, 0) is 19.4 Å². The van der Waals surface area contributed by atoms with Crippen molar-refractivity contribution in [3.8, 4) is 0 Å². The summed E-state index contributed by atoms with van der Waals surface area (Å²) in [5.41, 5.74) is 0. The summed E-state index contributed by atoms with van der Waals surface area (Å²) in [6.45, 7) is 2.68. The smallest absolute Gasteiger partial charge is 0.342 e. The molecule has 0 aliphatic rings. The molecule has 5 nitrogen and oxygen atoms in total. The Bertz CT molecular complexity index is 291. The zero-order chi connectivity index (χ0) is 17.2. The van der Waals surface area contributed by atoms with Crippen molar-refractivity contribution in [2.45, 2.75) is 96.8 Å². The minimum Gasteiger partial charge on any atom is -0.481 e. The normalized spacial score (nSPS) is 10.7. The van der Waals surface area contributed by atoms with Crippen LogP contribution in [-0.4, -0.2) is 23.7 Å². The second-order valence-electron chi connectivity index (χ2n) is 6.06. The maximum Gasteiger partial charge on any atom is 0.342 e. The first-order valence-corrected chi connectivity index (χ1v) is 9.21. The lowest BCUT2D eigenvalue weighted by molar-refractivity contribution is -0.272. The van der Waals surface area contributed by atoms with Crippen molar-refractivity contribution >= 4 is 11.9 Å². The quantitative estimate of drug-likeness (QED) is 0.230. The molecule has 5 heteroatoms. The fraction of sp³-hybridized carbons (Fsp3) is 0.889. The van der Waals surface area contributed by atoms with E-state index in [-0.39, 0.29) is 12.4 Å². The highest BCUT2D eigenvalue weighted by Gasteiger charge is 2.04. The van der Waals surface area contributed by atoms with Gasteiger partial charge < -0.3 is 5.11 Å². The summed E-state index contributed by atoms with van der Waals surface area (Å²) in [4.78, 5) is 31.4. The Labute approximate surface area is 140 Å². The van der Waals surface area contributed by atoms with Gasteiger partial charge in [-0.1, -0.05) is 64.7 Å². The molecule has 0 aliphatic heterocycles. The molecule has 0 atom stereocenters. The van der Waals surface area contributed by atoms with Gasteiger partial charge in [0, 0.05) is 12.8 Å². The first kappa shape index (κ1) is 21.9. The van der Waals surface area contributed by atoms with E-state index in [0.29, 0.717) is 13.0 Å². The standard InChI is InChI=1S/C18H34O5/c1-2-3-4-5-10-13-16-22-23-18(21)15-12-9-7-6-8-11-14-17(19)20/h2-16H2,1H3,(H,19,20). The number of aliphatic carboxylic acids is 1. The predicted octanol–water partition coefficient (Wildman–Crippen LogP) is 5.03. The van der Waals surface area contributed by atoms with Crippen LogP contribution in [0.3, 0.4) is 0 Å². The van der Waals surface area contributed by atoms with Crippen molar-refractivity contribution in [3.63, 3.8) is 0 Å². The van der Waals surface area contributed by atoms with Crippen LogP contribution in [0.15, 0.2) is 0 Å². The molecule has 0 aromatic rings. The Kier molecular flexibility index (Phi) is 16.4. The number of carbonyl (C=O) groups excluding carboxylic acids is 1. The van der Waals surface area contributed by atoms with Crippen LogP contribution in [0.2, 0.25) is 0 Å². The van der Waals surface area contributed by atoms with Gasteiger partial charge in [-0.3, -0.25) is 9.68 Å². The second-order valence-corrected chi connectivity index (χ2v) is 6.06. The summed E-state index contributed by atoms with van der Waals surface area (Å²) in [6, 6.07) is 0. The largest absolute Gasteiger partial charge is 0.481 e. The molecule has 0 unspecified atom stereocenters. The number of hydrogen-bond donors (Lipinski definition) is 1. The zero-order valence-electron chi connectivity index (χ0n) is 14.7. The molecule has 23 heavy (non-hydrogen) atoms. The molecular weight excluding hydrogens is 296 g/mol. The minimum absolute atomic E-state index is 0.252. The SMILES string of the molecule is CCCCCCCCOOC(=O)CCCCCCCCC(=O)O. The highest BCUT2D eigenvalue weighted by atomic mass is 17.2. The van der Waals surface area contributed by atoms with Gasteiger partial charge in [-0.15, -0.1) is 0 Å². The molecule has 0 fully saturated rings. The Morgan fingerprint density at radius 1 is 0.739 bits per heavy atom. The second kappa shape index (κ2) is 17.3. The van der Waals surface area contributed by atoms with E-state index in [4.69, 9.17) is 14.9 Å². The summed E-state index contributed by atoms with van der Waals surface area (Å²) in [7, 11) is 0. The summed E-state index contributed by atoms with van der Waals surface area (Å²) < 4.78 is 0. The first-order valence-electron chi connectivity index (χ1n) is 9.21. The average molecular weight is 330 g/mol. The van der Waals surface area contributed by atoms with E-state index in [1.54, 1.807) is 0 Å². The van der Waals surface area contributed by atoms with Gasteiger partial charge in [-0.25, -0.2) is 4.79 Å². The van der Waals surface area contributed by atoms with Crippen molar-refractivity contribution < 1.29 is 24.5 Å². The molecule has 1 N–H and O–H groups in total. The lowest BCUT2D eigenvalue weighted by Crippen LogP contribution is -2.06. The van der Waals surface area contributed by atoms with E-state index in [1.807, 2.05) is 0 Å². The van der Waals surface area contributed by atoms with Gasteiger partial charge in [0.25, 0.3) is 0 Å². The van der Waals surface area contributed by atoms with Crippen LogP contribution in [0.5, 0.6) is 0 Å². The molecule has 0 saturated carbocycles. The topological polar surface area (TPSA) is 72.8 Å². The van der Waals surface area contributed by atoms with Crippen molar-refractivity contribution in [3.05, 3.63) is 0 Å². The molecule has 0 radical (unpaired) electrons. The highest BCUT2D eigenvalue weighted by Crippen LogP contribution is 2.09. The fourth-order valence-electron chi connectivity index (χ4n) is 2.34. The maximum absolute atomic E-state index is 11.4. The van der Waals surface area contributed by atoms with Gasteiger partial charge in [0.2, 0.25) is 0 Å². The van der Waals surface area contributed by atoms with E-state index in [1.165, 1.54) is 25.7 Å². The summed E-state index contributed by atoms with van der Waals surface area (Å²) in [6.07, 6.45) is 13.2. The van der Waals surface area contributed by atoms with Crippen LogP contribution in [0, 0.1) is 0 Å². The molecule has 0 spiro atoms. The van der Waals surface area contributed by atoms with E-state index in [9.17, 15) is 9.59 Å². The molecule has 0 aliphatic carbocycles. The Balaban J connectivity index is 3.17. The van der Waals surface area contributed by atoms with Crippen LogP contribution < -0.4 is 0 Å². The third-order valence-electron chi connectivity index (χ3n) is 3.75. The number of carboxylic acid groups (broad SMARTS) is 1. The van der Waals surface area contributed by atoms with Crippen LogP contribution in [0.4, 0.5) is 0 Å². The molecule has 0 bridgehead atoms. The molecular formula is C18H34O5. The molecule has 0 aromatic heterocycles. The molecule has 0 amide bonds. The van der Waals surface area contributed by atoms with Gasteiger partial charge in [0.15, 0.2) is 0 Å². The van der Waals surface area contributed by atoms with Crippen LogP contribution >= 0.6 is 0 Å². The zero-order valence-corrected chi connectivity index (χ0v) is 14.7. The monoisotopic (exact) mass is 330 g/mol. The predicted molar refractivity (Wildman–Crippen MR) is 90.0 cm³/mol. The number of rotatable bonds is 17. The summed E-state index contributed by atoms with van der Waals surface area (Å²) in [5.74, 6) is -1.02. The Hall–Kier alpha value is -1.10. The fourth-order valence-corrected chi connectivity index (χ4v) is 2.34. The van der Waals surface area contributed by atoms with Crippen molar-refractivity contribution in [1.29, 1.82) is 0 Å². The molecule has 136 valence electrons. The summed E-state index contributed by atoms with van der Waals surface area (Å²) in [5, 5.41) is 8.50. The van der Waals surface area contributed by atoms with E-state index >= 15 is 0 Å². The average Bonchev–Trinajstić information content (AvgIpc) is 2.52. The first-order chi connectivity index (χ1) is 11.2. The van der Waals surface area contributed by atoms with Gasteiger partial charge in [0.1, 0.15) is 0 Å². The van der Waals surface area contributed by atoms with E-state index < -0.39 is 5.97 Å². The molecule has 0 rings (SSSR count). The molecule has 0 aromatic carbocycles. The van der Waals surface area contributed by atoms with Gasteiger partial charge in [-0.2, -0.15) is 4.89 Å². The van der Waals surface area contributed by atoms with Gasteiger partial charge in [-0.05, 0) is 19.3 Å². The highest BCUT2D eigenvalue weighted by molar-refractivity contribution is 5.68. The number of hydrogen-bond acceptors (Lipinski definition) is 4.